The lowest BCUT2D eigenvalue weighted by molar-refractivity contribution is -0.140. The molecule has 170 valence electrons. The number of furan rings is 1. The Hall–Kier alpha value is -3.84. The second-order valence-electron chi connectivity index (χ2n) is 7.74. The lowest BCUT2D eigenvalue weighted by atomic mass is 9.99. The zero-order valence-electron chi connectivity index (χ0n) is 18.5. The van der Waals surface area contributed by atoms with E-state index in [1.54, 1.807) is 36.4 Å². The first-order valence-electron chi connectivity index (χ1n) is 10.6. The van der Waals surface area contributed by atoms with Crippen molar-refractivity contribution < 1.29 is 28.6 Å². The number of hydrogen-bond donors (Lipinski definition) is 1. The largest absolute Gasteiger partial charge is 0.507 e. The van der Waals surface area contributed by atoms with Gasteiger partial charge in [-0.2, -0.15) is 0 Å². The Morgan fingerprint density at radius 3 is 2.48 bits per heavy atom. The van der Waals surface area contributed by atoms with E-state index in [9.17, 15) is 14.7 Å². The quantitative estimate of drug-likeness (QED) is 0.316. The standard InChI is InChI=1S/C26H25NO6/c1-17-6-3-4-7-19(17)16-33-20-11-9-18(10-12-20)24(28)22-23(21-8-5-14-32-21)27(13-15-31-2)26(30)25(22)29/h3-12,14,23,28H,13,15-16H2,1-2H3/b24-22+. The molecule has 1 saturated heterocycles. The molecule has 1 aromatic heterocycles. The van der Waals surface area contributed by atoms with Gasteiger partial charge in [-0.15, -0.1) is 0 Å². The normalized spacial score (nSPS) is 17.5. The number of amides is 1. The van der Waals surface area contributed by atoms with Crippen molar-refractivity contribution in [2.24, 2.45) is 0 Å². The number of ketones is 1. The molecule has 7 heteroatoms. The summed E-state index contributed by atoms with van der Waals surface area (Å²) in [4.78, 5) is 26.9. The topological polar surface area (TPSA) is 89.2 Å². The Morgan fingerprint density at radius 1 is 1.06 bits per heavy atom. The highest BCUT2D eigenvalue weighted by atomic mass is 16.5. The molecule has 2 aromatic carbocycles. The van der Waals surface area contributed by atoms with Crippen LogP contribution in [0.2, 0.25) is 0 Å². The van der Waals surface area contributed by atoms with Gasteiger partial charge in [-0.3, -0.25) is 9.59 Å². The molecule has 33 heavy (non-hydrogen) atoms. The average Bonchev–Trinajstić information content (AvgIpc) is 3.44. The number of benzene rings is 2. The van der Waals surface area contributed by atoms with Gasteiger partial charge in [-0.25, -0.2) is 0 Å². The number of nitrogens with zero attached hydrogens (tertiary/aromatic N) is 1. The zero-order valence-corrected chi connectivity index (χ0v) is 18.5. The Labute approximate surface area is 191 Å². The number of rotatable bonds is 8. The SMILES string of the molecule is COCCN1C(=O)C(=O)/C(=C(/O)c2ccc(OCc3ccccc3C)cc2)C1c1ccco1. The predicted octanol–water partition coefficient (Wildman–Crippen LogP) is 4.24. The number of ether oxygens (including phenoxy) is 2. The van der Waals surface area contributed by atoms with E-state index in [0.717, 1.165) is 11.1 Å². The molecular weight excluding hydrogens is 422 g/mol. The van der Waals surface area contributed by atoms with Crippen molar-refractivity contribution in [3.63, 3.8) is 0 Å². The molecule has 0 saturated carbocycles. The molecular formula is C26H25NO6. The van der Waals surface area contributed by atoms with Crippen LogP contribution >= 0.6 is 0 Å². The summed E-state index contributed by atoms with van der Waals surface area (Å²) >= 11 is 0. The number of Topliss-reactive ketones (excluding diaryl/α,β-unsaturated/α-hetero) is 1. The van der Waals surface area contributed by atoms with Gasteiger partial charge in [0.15, 0.2) is 0 Å². The van der Waals surface area contributed by atoms with Crippen molar-refractivity contribution in [2.45, 2.75) is 19.6 Å². The van der Waals surface area contributed by atoms with Crippen molar-refractivity contribution in [3.05, 3.63) is 95.0 Å². The molecule has 7 nitrogen and oxygen atoms in total. The van der Waals surface area contributed by atoms with E-state index in [1.807, 2.05) is 31.2 Å². The summed E-state index contributed by atoms with van der Waals surface area (Å²) in [7, 11) is 1.52. The van der Waals surface area contributed by atoms with Gasteiger partial charge in [0.1, 0.15) is 29.9 Å². The number of aryl methyl sites for hydroxylation is 1. The maximum atomic E-state index is 12.8. The van der Waals surface area contributed by atoms with Crippen LogP contribution in [-0.2, 0) is 20.9 Å². The lowest BCUT2D eigenvalue weighted by Gasteiger charge is -2.22. The van der Waals surface area contributed by atoms with Crippen LogP contribution in [-0.4, -0.2) is 42.0 Å². The van der Waals surface area contributed by atoms with Crippen molar-refractivity contribution in [3.8, 4) is 5.75 Å². The molecule has 1 atom stereocenters. The number of carbonyl (C=O) groups is 2. The fraction of sp³-hybridized carbons (Fsp3) is 0.231. The number of likely N-dealkylation sites (tertiary alicyclic amines) is 1. The van der Waals surface area contributed by atoms with Gasteiger partial charge >= 0.3 is 0 Å². The third-order valence-electron chi connectivity index (χ3n) is 5.67. The molecule has 3 aromatic rings. The Kier molecular flexibility index (Phi) is 6.60. The molecule has 1 N–H and O–H groups in total. The van der Waals surface area contributed by atoms with Crippen molar-refractivity contribution in [1.82, 2.24) is 4.90 Å². The van der Waals surface area contributed by atoms with Gasteiger partial charge in [0.05, 0.1) is 18.4 Å². The summed E-state index contributed by atoms with van der Waals surface area (Å²) < 4.78 is 16.4. The van der Waals surface area contributed by atoms with E-state index < -0.39 is 17.7 Å². The van der Waals surface area contributed by atoms with Crippen LogP contribution in [0.25, 0.3) is 5.76 Å². The third-order valence-corrected chi connectivity index (χ3v) is 5.67. The molecule has 0 spiro atoms. The highest BCUT2D eigenvalue weighted by Gasteiger charge is 2.47. The average molecular weight is 447 g/mol. The molecule has 0 aliphatic carbocycles. The monoisotopic (exact) mass is 447 g/mol. The predicted molar refractivity (Wildman–Crippen MR) is 122 cm³/mol. The minimum atomic E-state index is -0.827. The molecule has 1 aliphatic rings. The smallest absolute Gasteiger partial charge is 0.295 e. The maximum Gasteiger partial charge on any atom is 0.295 e. The summed E-state index contributed by atoms with van der Waals surface area (Å²) in [6.45, 7) is 2.88. The molecule has 1 aliphatic heterocycles. The van der Waals surface area contributed by atoms with Crippen LogP contribution in [0, 0.1) is 6.92 Å². The van der Waals surface area contributed by atoms with Crippen LogP contribution in [0.15, 0.2) is 76.9 Å². The second kappa shape index (κ2) is 9.75. The zero-order chi connectivity index (χ0) is 23.4. The Bertz CT molecular complexity index is 1160. The number of methoxy groups -OCH3 is 1. The molecule has 4 rings (SSSR count). The molecule has 1 fully saturated rings. The van der Waals surface area contributed by atoms with Crippen LogP contribution in [0.5, 0.6) is 5.75 Å². The van der Waals surface area contributed by atoms with Gasteiger partial charge < -0.3 is 23.9 Å². The summed E-state index contributed by atoms with van der Waals surface area (Å²) in [5.74, 6) is -0.707. The van der Waals surface area contributed by atoms with E-state index in [4.69, 9.17) is 13.9 Å². The Balaban J connectivity index is 1.61. The fourth-order valence-electron chi connectivity index (χ4n) is 3.84. The first-order valence-corrected chi connectivity index (χ1v) is 10.6. The summed E-state index contributed by atoms with van der Waals surface area (Å²) in [6.07, 6.45) is 1.46. The molecule has 0 bridgehead atoms. The number of aliphatic hydroxyl groups is 1. The van der Waals surface area contributed by atoms with Crippen LogP contribution < -0.4 is 4.74 Å². The van der Waals surface area contributed by atoms with Crippen molar-refractivity contribution in [1.29, 1.82) is 0 Å². The molecule has 1 unspecified atom stereocenters. The highest BCUT2D eigenvalue weighted by Crippen LogP contribution is 2.39. The highest BCUT2D eigenvalue weighted by molar-refractivity contribution is 6.46. The molecule has 2 heterocycles. The first-order chi connectivity index (χ1) is 16.0. The van der Waals surface area contributed by atoms with Gasteiger partial charge in [-0.05, 0) is 54.4 Å². The molecule has 0 radical (unpaired) electrons. The van der Waals surface area contributed by atoms with E-state index in [0.29, 0.717) is 23.7 Å². The molecule has 1 amide bonds. The van der Waals surface area contributed by atoms with Crippen LogP contribution in [0.3, 0.4) is 0 Å². The summed E-state index contributed by atoms with van der Waals surface area (Å²) in [5, 5.41) is 11.0. The van der Waals surface area contributed by atoms with Gasteiger partial charge in [0.25, 0.3) is 11.7 Å². The minimum Gasteiger partial charge on any atom is -0.507 e. The third kappa shape index (κ3) is 4.54. The van der Waals surface area contributed by atoms with Gasteiger partial charge in [-0.1, -0.05) is 24.3 Å². The Morgan fingerprint density at radius 2 is 1.82 bits per heavy atom. The number of aliphatic hydroxyl groups excluding tert-OH is 1. The lowest BCUT2D eigenvalue weighted by Crippen LogP contribution is -2.32. The number of hydrogen-bond acceptors (Lipinski definition) is 6. The first kappa shape index (κ1) is 22.4. The second-order valence-corrected chi connectivity index (χ2v) is 7.74. The summed E-state index contributed by atoms with van der Waals surface area (Å²) in [5.41, 5.74) is 2.61. The van der Waals surface area contributed by atoms with Crippen molar-refractivity contribution >= 4 is 17.4 Å². The van der Waals surface area contributed by atoms with Gasteiger partial charge in [0, 0.05) is 19.2 Å². The van der Waals surface area contributed by atoms with E-state index >= 15 is 0 Å². The maximum absolute atomic E-state index is 12.8. The van der Waals surface area contributed by atoms with E-state index in [2.05, 4.69) is 0 Å². The minimum absolute atomic E-state index is 0.0142. The number of carbonyl (C=O) groups excluding carboxylic acids is 2. The van der Waals surface area contributed by atoms with E-state index in [1.165, 1.54) is 18.3 Å². The fourth-order valence-corrected chi connectivity index (χ4v) is 3.84. The van der Waals surface area contributed by atoms with Crippen LogP contribution in [0.1, 0.15) is 28.5 Å². The summed E-state index contributed by atoms with van der Waals surface area (Å²) in [6, 6.07) is 17.2. The van der Waals surface area contributed by atoms with Crippen molar-refractivity contribution in [2.75, 3.05) is 20.3 Å². The van der Waals surface area contributed by atoms with E-state index in [-0.39, 0.29) is 24.5 Å². The van der Waals surface area contributed by atoms with Gasteiger partial charge in [0.2, 0.25) is 0 Å². The van der Waals surface area contributed by atoms with Crippen LogP contribution in [0.4, 0.5) is 0 Å².